The third kappa shape index (κ3) is 5.04. The van der Waals surface area contributed by atoms with Crippen LogP contribution < -0.4 is 5.73 Å². The summed E-state index contributed by atoms with van der Waals surface area (Å²) in [6.07, 6.45) is -0.521. The molecule has 0 saturated heterocycles. The van der Waals surface area contributed by atoms with Crippen molar-refractivity contribution in [1.29, 1.82) is 0 Å². The van der Waals surface area contributed by atoms with Gasteiger partial charge in [-0.15, -0.1) is 0 Å². The van der Waals surface area contributed by atoms with Crippen molar-refractivity contribution in [3.63, 3.8) is 0 Å². The van der Waals surface area contributed by atoms with Gasteiger partial charge in [-0.3, -0.25) is 0 Å². The van der Waals surface area contributed by atoms with E-state index < -0.39 is 24.2 Å². The second-order valence-corrected chi connectivity index (χ2v) is 5.76. The highest BCUT2D eigenvalue weighted by molar-refractivity contribution is 5.55. The fourth-order valence-electron chi connectivity index (χ4n) is 2.33. The molecule has 4 atom stereocenters. The highest BCUT2D eigenvalue weighted by Crippen LogP contribution is 2.17. The summed E-state index contributed by atoms with van der Waals surface area (Å²) >= 11 is 0. The molecule has 4 nitrogen and oxygen atoms in total. The molecular weight excluding hydrogens is 254 g/mol. The van der Waals surface area contributed by atoms with Crippen LogP contribution in [0.3, 0.4) is 0 Å². The zero-order chi connectivity index (χ0) is 15.1. The predicted octanol–water partition coefficient (Wildman–Crippen LogP) is 1.14. The average molecular weight is 279 g/mol. The van der Waals surface area contributed by atoms with Crippen LogP contribution in [0.15, 0.2) is 30.3 Å². The van der Waals surface area contributed by atoms with Crippen LogP contribution in [0.1, 0.15) is 25.8 Å². The second-order valence-electron chi connectivity index (χ2n) is 5.76. The molecule has 20 heavy (non-hydrogen) atoms. The number of nitrogens with two attached hydrogens (primary N) is 1. The maximum absolute atomic E-state index is 11.2. The Kier molecular flexibility index (Phi) is 6.85. The first kappa shape index (κ1) is 16.8. The van der Waals surface area contributed by atoms with Gasteiger partial charge >= 0.3 is 0 Å². The minimum Gasteiger partial charge on any atom is -0.390 e. The highest BCUT2D eigenvalue weighted by Gasteiger charge is 2.30. The van der Waals surface area contributed by atoms with Crippen molar-refractivity contribution in [2.45, 2.75) is 44.9 Å². The van der Waals surface area contributed by atoms with E-state index in [2.05, 4.69) is 0 Å². The SMILES string of the molecule is CC(C)C[C@H](N)[C@@H](O)[C@H](O)[C@@H](C=O)Cc1ccccc1. The van der Waals surface area contributed by atoms with Crippen molar-refractivity contribution in [1.82, 2.24) is 0 Å². The predicted molar refractivity (Wildman–Crippen MR) is 79.1 cm³/mol. The Balaban J connectivity index is 2.66. The van der Waals surface area contributed by atoms with Gasteiger partial charge in [0.1, 0.15) is 6.29 Å². The van der Waals surface area contributed by atoms with Gasteiger partial charge in [0.2, 0.25) is 0 Å². The number of aldehydes is 1. The molecule has 0 aliphatic carbocycles. The van der Waals surface area contributed by atoms with Crippen LogP contribution in [0.2, 0.25) is 0 Å². The molecule has 0 unspecified atom stereocenters. The normalized spacial score (nSPS) is 17.5. The number of aliphatic hydroxyl groups is 2. The third-order valence-electron chi connectivity index (χ3n) is 3.46. The third-order valence-corrected chi connectivity index (χ3v) is 3.46. The Morgan fingerprint density at radius 1 is 1.15 bits per heavy atom. The van der Waals surface area contributed by atoms with Gasteiger partial charge in [-0.25, -0.2) is 0 Å². The number of benzene rings is 1. The fourth-order valence-corrected chi connectivity index (χ4v) is 2.33. The lowest BCUT2D eigenvalue weighted by Crippen LogP contribution is -2.47. The van der Waals surface area contributed by atoms with Crippen LogP contribution in [0.4, 0.5) is 0 Å². The Labute approximate surface area is 120 Å². The van der Waals surface area contributed by atoms with E-state index in [-0.39, 0.29) is 0 Å². The van der Waals surface area contributed by atoms with Crippen LogP contribution in [-0.4, -0.2) is 34.7 Å². The van der Waals surface area contributed by atoms with E-state index in [1.54, 1.807) is 0 Å². The molecule has 4 N–H and O–H groups in total. The van der Waals surface area contributed by atoms with Crippen LogP contribution in [0.5, 0.6) is 0 Å². The molecule has 0 aliphatic heterocycles. The minimum atomic E-state index is -1.14. The van der Waals surface area contributed by atoms with Gasteiger partial charge in [-0.2, -0.15) is 0 Å². The van der Waals surface area contributed by atoms with Gasteiger partial charge in [0.15, 0.2) is 0 Å². The van der Waals surface area contributed by atoms with Crippen LogP contribution in [0, 0.1) is 11.8 Å². The van der Waals surface area contributed by atoms with E-state index in [9.17, 15) is 15.0 Å². The van der Waals surface area contributed by atoms with Crippen LogP contribution in [0.25, 0.3) is 0 Å². The molecule has 4 heteroatoms. The number of carbonyl (C=O) groups excluding carboxylic acids is 1. The van der Waals surface area contributed by atoms with E-state index in [4.69, 9.17) is 5.73 Å². The van der Waals surface area contributed by atoms with Crippen molar-refractivity contribution in [3.8, 4) is 0 Å². The number of rotatable bonds is 8. The number of carbonyl (C=O) groups is 1. The largest absolute Gasteiger partial charge is 0.390 e. The van der Waals surface area contributed by atoms with Gasteiger partial charge in [-0.05, 0) is 24.3 Å². The quantitative estimate of drug-likeness (QED) is 0.623. The van der Waals surface area contributed by atoms with Gasteiger partial charge in [0.25, 0.3) is 0 Å². The zero-order valence-corrected chi connectivity index (χ0v) is 12.1. The molecule has 0 heterocycles. The van der Waals surface area contributed by atoms with Crippen molar-refractivity contribution in [3.05, 3.63) is 35.9 Å². The lowest BCUT2D eigenvalue weighted by atomic mass is 9.87. The first-order valence-electron chi connectivity index (χ1n) is 7.06. The molecule has 112 valence electrons. The van der Waals surface area contributed by atoms with Crippen molar-refractivity contribution in [2.75, 3.05) is 0 Å². The molecule has 1 aromatic rings. The number of aliphatic hydroxyl groups excluding tert-OH is 2. The first-order chi connectivity index (χ1) is 9.45. The summed E-state index contributed by atoms with van der Waals surface area (Å²) in [7, 11) is 0. The monoisotopic (exact) mass is 279 g/mol. The van der Waals surface area contributed by atoms with E-state index in [0.29, 0.717) is 25.0 Å². The Hall–Kier alpha value is -1.23. The lowest BCUT2D eigenvalue weighted by molar-refractivity contribution is -0.118. The Morgan fingerprint density at radius 2 is 1.75 bits per heavy atom. The van der Waals surface area contributed by atoms with E-state index in [1.807, 2.05) is 44.2 Å². The zero-order valence-electron chi connectivity index (χ0n) is 12.1. The molecule has 0 aliphatic rings. The van der Waals surface area contributed by atoms with Gasteiger partial charge in [-0.1, -0.05) is 44.2 Å². The van der Waals surface area contributed by atoms with Gasteiger partial charge in [0.05, 0.1) is 12.2 Å². The van der Waals surface area contributed by atoms with Crippen LogP contribution in [-0.2, 0) is 11.2 Å². The fraction of sp³-hybridized carbons (Fsp3) is 0.562. The molecule has 1 aromatic carbocycles. The van der Waals surface area contributed by atoms with Crippen LogP contribution >= 0.6 is 0 Å². The van der Waals surface area contributed by atoms with Gasteiger partial charge < -0.3 is 20.7 Å². The molecule has 0 bridgehead atoms. The van der Waals surface area contributed by atoms with E-state index >= 15 is 0 Å². The topological polar surface area (TPSA) is 83.6 Å². The number of hydrogen-bond donors (Lipinski definition) is 3. The molecule has 0 saturated carbocycles. The second kappa shape index (κ2) is 8.15. The van der Waals surface area contributed by atoms with Crippen molar-refractivity contribution >= 4 is 6.29 Å². The smallest absolute Gasteiger partial charge is 0.126 e. The van der Waals surface area contributed by atoms with E-state index in [0.717, 1.165) is 5.56 Å². The molecule has 0 amide bonds. The molecular formula is C16H25NO3. The molecule has 0 radical (unpaired) electrons. The summed E-state index contributed by atoms with van der Waals surface area (Å²) in [6, 6.07) is 8.91. The standard InChI is InChI=1S/C16H25NO3/c1-11(2)8-14(17)16(20)15(19)13(10-18)9-12-6-4-3-5-7-12/h3-7,10-11,13-16,19-20H,8-9,17H2,1-2H3/t13-,14+,15-,16-/m1/s1. The van der Waals surface area contributed by atoms with Crippen molar-refractivity contribution in [2.24, 2.45) is 17.6 Å². The summed E-state index contributed by atoms with van der Waals surface area (Å²) in [5.41, 5.74) is 6.83. The summed E-state index contributed by atoms with van der Waals surface area (Å²) < 4.78 is 0. The summed E-state index contributed by atoms with van der Waals surface area (Å²) in [5.74, 6) is -0.318. The van der Waals surface area contributed by atoms with Crippen molar-refractivity contribution < 1.29 is 15.0 Å². The molecule has 1 rings (SSSR count). The number of hydrogen-bond acceptors (Lipinski definition) is 4. The Bertz CT molecular complexity index is 394. The molecule has 0 spiro atoms. The Morgan fingerprint density at radius 3 is 2.25 bits per heavy atom. The maximum Gasteiger partial charge on any atom is 0.126 e. The minimum absolute atomic E-state index is 0.329. The lowest BCUT2D eigenvalue weighted by Gasteiger charge is -2.28. The summed E-state index contributed by atoms with van der Waals surface area (Å²) in [6.45, 7) is 4.00. The first-order valence-corrected chi connectivity index (χ1v) is 7.06. The van der Waals surface area contributed by atoms with Gasteiger partial charge in [0, 0.05) is 12.0 Å². The summed E-state index contributed by atoms with van der Waals surface area (Å²) in [4.78, 5) is 11.2. The highest BCUT2D eigenvalue weighted by atomic mass is 16.3. The summed E-state index contributed by atoms with van der Waals surface area (Å²) in [5, 5.41) is 20.2. The average Bonchev–Trinajstić information content (AvgIpc) is 2.43. The molecule has 0 fully saturated rings. The van der Waals surface area contributed by atoms with E-state index in [1.165, 1.54) is 0 Å². The molecule has 0 aromatic heterocycles. The maximum atomic E-state index is 11.2.